The van der Waals surface area contributed by atoms with E-state index < -0.39 is 0 Å². The largest absolute Gasteiger partial charge is 0.321 e. The standard InChI is InChI=1S/C6H13NOS2/c1-3-9-10-4-6(7)5(2)8/h6H,3-4,7H2,1-2H3/t6-/m0/s1. The summed E-state index contributed by atoms with van der Waals surface area (Å²) in [6, 6.07) is -0.274. The summed E-state index contributed by atoms with van der Waals surface area (Å²) in [6.07, 6.45) is 0. The first kappa shape index (κ1) is 10.3. The van der Waals surface area contributed by atoms with Crippen molar-refractivity contribution in [3.8, 4) is 0 Å². The highest BCUT2D eigenvalue weighted by Crippen LogP contribution is 2.20. The Morgan fingerprint density at radius 2 is 2.20 bits per heavy atom. The van der Waals surface area contributed by atoms with Gasteiger partial charge in [-0.25, -0.2) is 0 Å². The molecule has 2 nitrogen and oxygen atoms in total. The van der Waals surface area contributed by atoms with E-state index >= 15 is 0 Å². The summed E-state index contributed by atoms with van der Waals surface area (Å²) < 4.78 is 0. The lowest BCUT2D eigenvalue weighted by atomic mass is 10.3. The molecule has 0 unspecified atom stereocenters. The van der Waals surface area contributed by atoms with Gasteiger partial charge >= 0.3 is 0 Å². The van der Waals surface area contributed by atoms with Crippen LogP contribution in [0.2, 0.25) is 0 Å². The molecule has 2 N–H and O–H groups in total. The molecule has 0 aliphatic heterocycles. The maximum absolute atomic E-state index is 10.6. The molecule has 0 bridgehead atoms. The SMILES string of the molecule is CCSSC[C@H](N)C(C)=O. The molecule has 10 heavy (non-hydrogen) atoms. The zero-order valence-electron chi connectivity index (χ0n) is 6.29. The second kappa shape index (κ2) is 6.07. The Balaban J connectivity index is 3.21. The van der Waals surface area contributed by atoms with E-state index in [0.717, 1.165) is 11.5 Å². The van der Waals surface area contributed by atoms with E-state index in [-0.39, 0.29) is 11.8 Å². The molecule has 0 aliphatic rings. The van der Waals surface area contributed by atoms with Crippen molar-refractivity contribution in [1.29, 1.82) is 0 Å². The van der Waals surface area contributed by atoms with Crippen molar-refractivity contribution >= 4 is 27.4 Å². The number of carbonyl (C=O) groups excluding carboxylic acids is 1. The van der Waals surface area contributed by atoms with Gasteiger partial charge in [0.15, 0.2) is 0 Å². The second-order valence-electron chi connectivity index (χ2n) is 1.91. The molecule has 0 rings (SSSR count). The molecule has 1 atom stereocenters. The molecular formula is C6H13NOS2. The summed E-state index contributed by atoms with van der Waals surface area (Å²) in [7, 11) is 3.40. The van der Waals surface area contributed by atoms with Gasteiger partial charge in [0.05, 0.1) is 6.04 Å². The topological polar surface area (TPSA) is 43.1 Å². The van der Waals surface area contributed by atoms with Crippen LogP contribution in [0.25, 0.3) is 0 Å². The second-order valence-corrected chi connectivity index (χ2v) is 4.70. The van der Waals surface area contributed by atoms with Gasteiger partial charge in [-0.05, 0) is 6.92 Å². The molecule has 0 fully saturated rings. The van der Waals surface area contributed by atoms with Crippen LogP contribution in [-0.2, 0) is 4.79 Å². The zero-order chi connectivity index (χ0) is 7.98. The average molecular weight is 179 g/mol. The highest BCUT2D eigenvalue weighted by Gasteiger charge is 2.06. The van der Waals surface area contributed by atoms with E-state index in [4.69, 9.17) is 5.73 Å². The summed E-state index contributed by atoms with van der Waals surface area (Å²) in [6.45, 7) is 3.61. The number of Topliss-reactive ketones (excluding diaryl/α,β-unsaturated/α-hetero) is 1. The van der Waals surface area contributed by atoms with Crippen molar-refractivity contribution in [3.63, 3.8) is 0 Å². The van der Waals surface area contributed by atoms with E-state index in [1.165, 1.54) is 6.92 Å². The zero-order valence-corrected chi connectivity index (χ0v) is 7.93. The smallest absolute Gasteiger partial charge is 0.147 e. The lowest BCUT2D eigenvalue weighted by molar-refractivity contribution is -0.117. The number of hydrogen-bond acceptors (Lipinski definition) is 4. The Morgan fingerprint density at radius 1 is 1.60 bits per heavy atom. The fraction of sp³-hybridized carbons (Fsp3) is 0.833. The molecule has 0 aliphatic carbocycles. The third kappa shape index (κ3) is 5.14. The summed E-state index contributed by atoms with van der Waals surface area (Å²) in [5.41, 5.74) is 5.47. The van der Waals surface area contributed by atoms with E-state index in [1.54, 1.807) is 21.6 Å². The summed E-state index contributed by atoms with van der Waals surface area (Å²) >= 11 is 0. The van der Waals surface area contributed by atoms with E-state index in [1.807, 2.05) is 0 Å². The maximum Gasteiger partial charge on any atom is 0.147 e. The number of rotatable bonds is 5. The van der Waals surface area contributed by atoms with Gasteiger partial charge in [-0.2, -0.15) is 0 Å². The minimum atomic E-state index is -0.274. The number of ketones is 1. The highest BCUT2D eigenvalue weighted by atomic mass is 33.1. The molecule has 4 heteroatoms. The molecule has 0 aromatic heterocycles. The van der Waals surface area contributed by atoms with Crippen molar-refractivity contribution in [2.45, 2.75) is 19.9 Å². The predicted octanol–water partition coefficient (Wildman–Crippen LogP) is 1.30. The van der Waals surface area contributed by atoms with Gasteiger partial charge in [0.2, 0.25) is 0 Å². The molecular weight excluding hydrogens is 166 g/mol. The fourth-order valence-corrected chi connectivity index (χ4v) is 2.19. The van der Waals surface area contributed by atoms with E-state index in [9.17, 15) is 4.79 Å². The molecule has 60 valence electrons. The van der Waals surface area contributed by atoms with Crippen molar-refractivity contribution in [3.05, 3.63) is 0 Å². The van der Waals surface area contributed by atoms with Gasteiger partial charge in [0, 0.05) is 11.5 Å². The first-order valence-corrected chi connectivity index (χ1v) is 5.67. The lowest BCUT2D eigenvalue weighted by Gasteiger charge is -2.04. The van der Waals surface area contributed by atoms with Crippen molar-refractivity contribution in [2.24, 2.45) is 5.73 Å². The Labute approximate surface area is 69.7 Å². The van der Waals surface area contributed by atoms with Gasteiger partial charge < -0.3 is 5.73 Å². The number of nitrogens with two attached hydrogens (primary N) is 1. The van der Waals surface area contributed by atoms with Crippen LogP contribution in [0.15, 0.2) is 0 Å². The summed E-state index contributed by atoms with van der Waals surface area (Å²) in [5, 5.41) is 0. The van der Waals surface area contributed by atoms with Crippen molar-refractivity contribution in [2.75, 3.05) is 11.5 Å². The van der Waals surface area contributed by atoms with Crippen molar-refractivity contribution in [1.82, 2.24) is 0 Å². The van der Waals surface area contributed by atoms with Gasteiger partial charge in [-0.1, -0.05) is 28.5 Å². The molecule has 0 radical (unpaired) electrons. The minimum Gasteiger partial charge on any atom is -0.321 e. The van der Waals surface area contributed by atoms with Gasteiger partial charge in [-0.3, -0.25) is 4.79 Å². The van der Waals surface area contributed by atoms with Crippen LogP contribution in [0.4, 0.5) is 0 Å². The van der Waals surface area contributed by atoms with E-state index in [2.05, 4.69) is 6.92 Å². The Kier molecular flexibility index (Phi) is 6.27. The number of carbonyl (C=O) groups is 1. The lowest BCUT2D eigenvalue weighted by Crippen LogP contribution is -2.30. The van der Waals surface area contributed by atoms with E-state index in [0.29, 0.717) is 0 Å². The van der Waals surface area contributed by atoms with Gasteiger partial charge in [-0.15, -0.1) is 0 Å². The Hall–Kier alpha value is 0.330. The van der Waals surface area contributed by atoms with Gasteiger partial charge in [0.25, 0.3) is 0 Å². The fourth-order valence-electron chi connectivity index (χ4n) is 0.322. The van der Waals surface area contributed by atoms with Crippen LogP contribution in [0, 0.1) is 0 Å². The summed E-state index contributed by atoms with van der Waals surface area (Å²) in [5.74, 6) is 1.87. The Bertz CT molecular complexity index is 108. The third-order valence-corrected chi connectivity index (χ3v) is 3.48. The molecule has 0 aromatic rings. The van der Waals surface area contributed by atoms with Crippen LogP contribution < -0.4 is 5.73 Å². The molecule has 0 amide bonds. The first-order valence-electron chi connectivity index (χ1n) is 3.19. The first-order chi connectivity index (χ1) is 4.68. The predicted molar refractivity (Wildman–Crippen MR) is 49.2 cm³/mol. The monoisotopic (exact) mass is 179 g/mol. The summed E-state index contributed by atoms with van der Waals surface area (Å²) in [4.78, 5) is 10.6. The van der Waals surface area contributed by atoms with Crippen LogP contribution >= 0.6 is 21.6 Å². The van der Waals surface area contributed by atoms with Crippen LogP contribution in [0.1, 0.15) is 13.8 Å². The van der Waals surface area contributed by atoms with Crippen LogP contribution in [0.5, 0.6) is 0 Å². The van der Waals surface area contributed by atoms with Gasteiger partial charge in [0.1, 0.15) is 5.78 Å². The third-order valence-electron chi connectivity index (χ3n) is 0.971. The minimum absolute atomic E-state index is 0.0733. The molecule has 0 heterocycles. The quantitative estimate of drug-likeness (QED) is 0.510. The van der Waals surface area contributed by atoms with Crippen LogP contribution in [0.3, 0.4) is 0 Å². The molecule has 0 aromatic carbocycles. The Morgan fingerprint density at radius 3 is 2.60 bits per heavy atom. The molecule has 0 saturated carbocycles. The number of hydrogen-bond donors (Lipinski definition) is 1. The molecule has 0 spiro atoms. The maximum atomic E-state index is 10.6. The van der Waals surface area contributed by atoms with Crippen molar-refractivity contribution < 1.29 is 4.79 Å². The normalized spacial score (nSPS) is 13.1. The average Bonchev–Trinajstić information content (AvgIpc) is 1.88. The highest BCUT2D eigenvalue weighted by molar-refractivity contribution is 8.76. The van der Waals surface area contributed by atoms with Crippen LogP contribution in [-0.4, -0.2) is 23.3 Å². The molecule has 0 saturated heterocycles.